The van der Waals surface area contributed by atoms with Gasteiger partial charge in [0.25, 0.3) is 0 Å². The van der Waals surface area contributed by atoms with E-state index in [1.165, 1.54) is 0 Å². The van der Waals surface area contributed by atoms with E-state index in [1.807, 2.05) is 4.90 Å². The monoisotopic (exact) mass is 227 g/mol. The summed E-state index contributed by atoms with van der Waals surface area (Å²) in [5, 5.41) is 0. The number of hydrogen-bond donors (Lipinski definition) is 1. The van der Waals surface area contributed by atoms with E-state index in [9.17, 15) is 4.79 Å². The summed E-state index contributed by atoms with van der Waals surface area (Å²) in [7, 11) is 2.11. The number of nitrogens with two attached hydrogens (primary N) is 1. The molecule has 0 aromatic heterocycles. The zero-order valence-electron chi connectivity index (χ0n) is 10.9. The molecule has 4 heteroatoms. The van der Waals surface area contributed by atoms with Crippen molar-refractivity contribution >= 4 is 5.91 Å². The molecule has 4 nitrogen and oxygen atoms in total. The molecule has 1 fully saturated rings. The van der Waals surface area contributed by atoms with Gasteiger partial charge in [0, 0.05) is 25.2 Å². The highest BCUT2D eigenvalue weighted by molar-refractivity contribution is 5.81. The van der Waals surface area contributed by atoms with Gasteiger partial charge >= 0.3 is 0 Å². The van der Waals surface area contributed by atoms with E-state index in [2.05, 4.69) is 32.7 Å². The van der Waals surface area contributed by atoms with Crippen LogP contribution in [0.1, 0.15) is 33.6 Å². The van der Waals surface area contributed by atoms with Gasteiger partial charge < -0.3 is 10.6 Å². The SMILES string of the molecule is CCC[C@@H](N)C(=O)N1CC(C)N(C)C(C)C1. The van der Waals surface area contributed by atoms with Crippen LogP contribution in [0.15, 0.2) is 0 Å². The Balaban J connectivity index is 2.57. The normalized spacial score (nSPS) is 29.2. The molecule has 16 heavy (non-hydrogen) atoms. The van der Waals surface area contributed by atoms with Gasteiger partial charge in [-0.1, -0.05) is 13.3 Å². The highest BCUT2D eigenvalue weighted by Crippen LogP contribution is 2.14. The van der Waals surface area contributed by atoms with Crippen molar-refractivity contribution in [2.75, 3.05) is 20.1 Å². The fourth-order valence-corrected chi connectivity index (χ4v) is 2.25. The molecule has 1 amide bonds. The first-order valence-electron chi connectivity index (χ1n) is 6.23. The zero-order chi connectivity index (χ0) is 12.3. The molecule has 2 N–H and O–H groups in total. The maximum atomic E-state index is 12.1. The fraction of sp³-hybridized carbons (Fsp3) is 0.917. The summed E-state index contributed by atoms with van der Waals surface area (Å²) in [6.45, 7) is 7.97. The number of amides is 1. The van der Waals surface area contributed by atoms with Gasteiger partial charge in [0.15, 0.2) is 0 Å². The number of carbonyl (C=O) groups excluding carboxylic acids is 1. The molecule has 1 rings (SSSR count). The van der Waals surface area contributed by atoms with Gasteiger partial charge in [0.05, 0.1) is 6.04 Å². The Labute approximate surface area is 98.8 Å². The molecule has 1 aliphatic heterocycles. The van der Waals surface area contributed by atoms with E-state index in [0.717, 1.165) is 25.9 Å². The molecule has 0 spiro atoms. The lowest BCUT2D eigenvalue weighted by atomic mass is 10.1. The highest BCUT2D eigenvalue weighted by Gasteiger charge is 2.31. The molecule has 2 unspecified atom stereocenters. The standard InChI is InChI=1S/C12H25N3O/c1-5-6-11(13)12(16)15-7-9(2)14(4)10(3)8-15/h9-11H,5-8,13H2,1-4H3/t9?,10?,11-/m1/s1. The number of likely N-dealkylation sites (N-methyl/N-ethyl adjacent to an activating group) is 1. The van der Waals surface area contributed by atoms with Crippen LogP contribution in [-0.4, -0.2) is 54.0 Å². The molecule has 0 aliphatic carbocycles. The lowest BCUT2D eigenvalue weighted by molar-refractivity contribution is -0.136. The average molecular weight is 227 g/mol. The van der Waals surface area contributed by atoms with Crippen molar-refractivity contribution in [2.24, 2.45) is 5.73 Å². The number of nitrogens with zero attached hydrogens (tertiary/aromatic N) is 2. The summed E-state index contributed by atoms with van der Waals surface area (Å²) in [6, 6.07) is 0.524. The Hall–Kier alpha value is -0.610. The minimum atomic E-state index is -0.312. The van der Waals surface area contributed by atoms with Gasteiger partial charge in [-0.05, 0) is 27.3 Å². The first kappa shape index (κ1) is 13.5. The average Bonchev–Trinajstić information content (AvgIpc) is 2.24. The summed E-state index contributed by atoms with van der Waals surface area (Å²) in [4.78, 5) is 16.3. The molecule has 1 aliphatic rings. The quantitative estimate of drug-likeness (QED) is 0.771. The minimum Gasteiger partial charge on any atom is -0.338 e. The van der Waals surface area contributed by atoms with Crippen LogP contribution in [0, 0.1) is 0 Å². The molecular formula is C12H25N3O. The van der Waals surface area contributed by atoms with Crippen molar-refractivity contribution in [2.45, 2.75) is 51.7 Å². The second-order valence-corrected chi connectivity index (χ2v) is 5.00. The predicted molar refractivity (Wildman–Crippen MR) is 66.2 cm³/mol. The lowest BCUT2D eigenvalue weighted by Gasteiger charge is -2.43. The molecule has 0 aromatic rings. The van der Waals surface area contributed by atoms with E-state index in [0.29, 0.717) is 12.1 Å². The van der Waals surface area contributed by atoms with E-state index in [1.54, 1.807) is 0 Å². The van der Waals surface area contributed by atoms with Crippen molar-refractivity contribution in [1.29, 1.82) is 0 Å². The maximum Gasteiger partial charge on any atom is 0.239 e. The van der Waals surface area contributed by atoms with Crippen LogP contribution >= 0.6 is 0 Å². The van der Waals surface area contributed by atoms with Gasteiger partial charge in [-0.25, -0.2) is 0 Å². The zero-order valence-corrected chi connectivity index (χ0v) is 10.9. The molecule has 0 radical (unpaired) electrons. The van der Waals surface area contributed by atoms with Crippen molar-refractivity contribution in [3.05, 3.63) is 0 Å². The Morgan fingerprint density at radius 2 is 1.88 bits per heavy atom. The second kappa shape index (κ2) is 5.64. The third-order valence-corrected chi connectivity index (χ3v) is 3.59. The number of hydrogen-bond acceptors (Lipinski definition) is 3. The molecular weight excluding hydrogens is 202 g/mol. The molecule has 0 aromatic carbocycles. The molecule has 3 atom stereocenters. The molecule has 0 bridgehead atoms. The first-order chi connectivity index (χ1) is 7.47. The van der Waals surface area contributed by atoms with Crippen LogP contribution < -0.4 is 5.73 Å². The molecule has 1 heterocycles. The number of rotatable bonds is 3. The smallest absolute Gasteiger partial charge is 0.239 e. The third-order valence-electron chi connectivity index (χ3n) is 3.59. The van der Waals surface area contributed by atoms with Crippen LogP contribution in [0.5, 0.6) is 0 Å². The summed E-state index contributed by atoms with van der Waals surface area (Å²) in [5.41, 5.74) is 5.88. The van der Waals surface area contributed by atoms with Crippen LogP contribution in [-0.2, 0) is 4.79 Å². The van der Waals surface area contributed by atoms with Crippen molar-refractivity contribution in [3.63, 3.8) is 0 Å². The lowest BCUT2D eigenvalue weighted by Crippen LogP contribution is -2.59. The van der Waals surface area contributed by atoms with Crippen LogP contribution in [0.3, 0.4) is 0 Å². The van der Waals surface area contributed by atoms with Gasteiger partial charge in [-0.2, -0.15) is 0 Å². The Morgan fingerprint density at radius 3 is 2.31 bits per heavy atom. The second-order valence-electron chi connectivity index (χ2n) is 5.00. The van der Waals surface area contributed by atoms with Crippen molar-refractivity contribution < 1.29 is 4.79 Å². The molecule has 94 valence electrons. The Kier molecular flexibility index (Phi) is 4.74. The topological polar surface area (TPSA) is 49.6 Å². The van der Waals surface area contributed by atoms with E-state index < -0.39 is 0 Å². The summed E-state index contributed by atoms with van der Waals surface area (Å²) in [6.07, 6.45) is 1.75. The van der Waals surface area contributed by atoms with Crippen molar-refractivity contribution in [1.82, 2.24) is 9.80 Å². The van der Waals surface area contributed by atoms with Gasteiger partial charge in [0.1, 0.15) is 0 Å². The van der Waals surface area contributed by atoms with Crippen LogP contribution in [0.25, 0.3) is 0 Å². The predicted octanol–water partition coefficient (Wildman–Crippen LogP) is 0.665. The first-order valence-corrected chi connectivity index (χ1v) is 6.23. The van der Waals surface area contributed by atoms with Crippen LogP contribution in [0.4, 0.5) is 0 Å². The van der Waals surface area contributed by atoms with Gasteiger partial charge in [0.2, 0.25) is 5.91 Å². The summed E-state index contributed by atoms with van der Waals surface area (Å²) >= 11 is 0. The van der Waals surface area contributed by atoms with E-state index in [-0.39, 0.29) is 11.9 Å². The van der Waals surface area contributed by atoms with Gasteiger partial charge in [-0.3, -0.25) is 9.69 Å². The summed E-state index contributed by atoms with van der Waals surface area (Å²) < 4.78 is 0. The third kappa shape index (κ3) is 2.95. The number of carbonyl (C=O) groups is 1. The van der Waals surface area contributed by atoms with E-state index >= 15 is 0 Å². The maximum absolute atomic E-state index is 12.1. The minimum absolute atomic E-state index is 0.119. The van der Waals surface area contributed by atoms with Crippen molar-refractivity contribution in [3.8, 4) is 0 Å². The molecule has 1 saturated heterocycles. The fourth-order valence-electron chi connectivity index (χ4n) is 2.25. The number of piperazine rings is 1. The van der Waals surface area contributed by atoms with Crippen LogP contribution in [0.2, 0.25) is 0 Å². The Morgan fingerprint density at radius 1 is 1.38 bits per heavy atom. The molecule has 0 saturated carbocycles. The Bertz CT molecular complexity index is 232. The summed E-state index contributed by atoms with van der Waals surface area (Å²) in [5.74, 6) is 0.119. The largest absolute Gasteiger partial charge is 0.338 e. The van der Waals surface area contributed by atoms with E-state index in [4.69, 9.17) is 5.73 Å². The highest BCUT2D eigenvalue weighted by atomic mass is 16.2. The van der Waals surface area contributed by atoms with Gasteiger partial charge in [-0.15, -0.1) is 0 Å².